The maximum absolute atomic E-state index is 13.8. The van der Waals surface area contributed by atoms with Crippen LogP contribution in [-0.2, 0) is 12.6 Å². The standard InChI is InChI=1S/C30H25F3N2O4/c31-30(32,33)27-26(39-29(34-27)35-16-14-23(15-17-35)20-4-2-1-3-5-20)25(36)18-19-6-8-21(9-7-19)22-10-12-24(13-11-22)28(37)38/h1-13,23H,14-18H2,(H,37,38). The van der Waals surface area contributed by atoms with Crippen LogP contribution in [0.1, 0.15) is 56.5 Å². The fourth-order valence-corrected chi connectivity index (χ4v) is 4.84. The highest BCUT2D eigenvalue weighted by atomic mass is 19.4. The van der Waals surface area contributed by atoms with Crippen molar-refractivity contribution in [3.63, 3.8) is 0 Å². The first kappa shape index (κ1) is 26.2. The Morgan fingerprint density at radius 2 is 1.49 bits per heavy atom. The number of aromatic carboxylic acids is 1. The molecule has 200 valence electrons. The van der Waals surface area contributed by atoms with Crippen molar-refractivity contribution in [2.45, 2.75) is 31.4 Å². The molecule has 0 amide bonds. The van der Waals surface area contributed by atoms with Crippen molar-refractivity contribution in [1.82, 2.24) is 4.98 Å². The van der Waals surface area contributed by atoms with E-state index in [1.54, 1.807) is 41.3 Å². The van der Waals surface area contributed by atoms with Gasteiger partial charge in [-0.3, -0.25) is 4.79 Å². The molecule has 6 nitrogen and oxygen atoms in total. The van der Waals surface area contributed by atoms with Crippen molar-refractivity contribution in [3.05, 3.63) is 107 Å². The molecule has 0 atom stereocenters. The summed E-state index contributed by atoms with van der Waals surface area (Å²) in [4.78, 5) is 29.4. The molecule has 39 heavy (non-hydrogen) atoms. The summed E-state index contributed by atoms with van der Waals surface area (Å²) in [5.74, 6) is -2.31. The summed E-state index contributed by atoms with van der Waals surface area (Å²) >= 11 is 0. The van der Waals surface area contributed by atoms with Crippen molar-refractivity contribution in [2.75, 3.05) is 18.0 Å². The number of benzene rings is 3. The number of piperidine rings is 1. The minimum absolute atomic E-state index is 0.161. The fourth-order valence-electron chi connectivity index (χ4n) is 4.84. The fraction of sp³-hybridized carbons (Fsp3) is 0.233. The molecule has 1 N–H and O–H groups in total. The Bertz CT molecular complexity index is 1460. The van der Waals surface area contributed by atoms with Gasteiger partial charge >= 0.3 is 12.1 Å². The number of alkyl halides is 3. The molecule has 0 unspecified atom stereocenters. The van der Waals surface area contributed by atoms with Crippen molar-refractivity contribution in [3.8, 4) is 11.1 Å². The van der Waals surface area contributed by atoms with Crippen LogP contribution in [0.5, 0.6) is 0 Å². The molecule has 9 heteroatoms. The summed E-state index contributed by atoms with van der Waals surface area (Å²) in [5, 5.41) is 9.04. The molecule has 4 aromatic rings. The van der Waals surface area contributed by atoms with Gasteiger partial charge in [-0.15, -0.1) is 0 Å². The SMILES string of the molecule is O=C(O)c1ccc(-c2ccc(CC(=O)c3oc(N4CCC(c5ccccc5)CC4)nc3C(F)(F)F)cc2)cc1. The summed E-state index contributed by atoms with van der Waals surface area (Å²) in [6.07, 6.45) is -3.64. The van der Waals surface area contributed by atoms with Gasteiger partial charge in [-0.1, -0.05) is 66.7 Å². The van der Waals surface area contributed by atoms with Crippen molar-refractivity contribution < 1.29 is 32.3 Å². The van der Waals surface area contributed by atoms with Gasteiger partial charge in [0, 0.05) is 19.5 Å². The van der Waals surface area contributed by atoms with Crippen LogP contribution in [0.25, 0.3) is 11.1 Å². The van der Waals surface area contributed by atoms with Crippen LogP contribution in [0.15, 0.2) is 83.3 Å². The van der Waals surface area contributed by atoms with Gasteiger partial charge in [0.25, 0.3) is 6.01 Å². The quantitative estimate of drug-likeness (QED) is 0.261. The van der Waals surface area contributed by atoms with Gasteiger partial charge in [0.05, 0.1) is 5.56 Å². The Labute approximate surface area is 222 Å². The predicted octanol–water partition coefficient (Wildman–Crippen LogP) is 6.87. The molecule has 1 fully saturated rings. The third-order valence-corrected chi connectivity index (χ3v) is 6.96. The molecule has 1 aromatic heterocycles. The van der Waals surface area contributed by atoms with E-state index in [4.69, 9.17) is 9.52 Å². The molecule has 0 aliphatic carbocycles. The molecule has 0 bridgehead atoms. The molecule has 0 spiro atoms. The van der Waals surface area contributed by atoms with E-state index in [0.29, 0.717) is 24.6 Å². The van der Waals surface area contributed by atoms with Crippen LogP contribution in [0.3, 0.4) is 0 Å². The van der Waals surface area contributed by atoms with Crippen LogP contribution in [0, 0.1) is 0 Å². The Kier molecular flexibility index (Phi) is 7.24. The van der Waals surface area contributed by atoms with Gasteiger partial charge in [-0.25, -0.2) is 4.79 Å². The Morgan fingerprint density at radius 3 is 2.05 bits per heavy atom. The van der Waals surface area contributed by atoms with Crippen LogP contribution >= 0.6 is 0 Å². The number of hydrogen-bond acceptors (Lipinski definition) is 5. The van der Waals surface area contributed by atoms with E-state index in [-0.39, 0.29) is 18.0 Å². The average Bonchev–Trinajstić information content (AvgIpc) is 3.41. The van der Waals surface area contributed by atoms with Crippen molar-refractivity contribution in [2.24, 2.45) is 0 Å². The molecule has 0 radical (unpaired) electrons. The topological polar surface area (TPSA) is 83.6 Å². The number of aromatic nitrogens is 1. The van der Waals surface area contributed by atoms with Crippen molar-refractivity contribution in [1.29, 1.82) is 0 Å². The molecule has 5 rings (SSSR count). The predicted molar refractivity (Wildman–Crippen MR) is 139 cm³/mol. The number of carbonyl (C=O) groups excluding carboxylic acids is 1. The first-order chi connectivity index (χ1) is 18.7. The number of halogens is 3. The van der Waals surface area contributed by atoms with E-state index in [1.165, 1.54) is 17.7 Å². The molecule has 1 saturated heterocycles. The van der Waals surface area contributed by atoms with E-state index in [9.17, 15) is 22.8 Å². The van der Waals surface area contributed by atoms with Gasteiger partial charge in [0.2, 0.25) is 11.5 Å². The van der Waals surface area contributed by atoms with Gasteiger partial charge < -0.3 is 14.4 Å². The second-order valence-electron chi connectivity index (χ2n) is 9.52. The zero-order valence-electron chi connectivity index (χ0n) is 20.8. The molecule has 1 aliphatic rings. The minimum atomic E-state index is -4.83. The van der Waals surface area contributed by atoms with Gasteiger partial charge in [0.1, 0.15) is 0 Å². The Hall–Kier alpha value is -4.40. The third-order valence-electron chi connectivity index (χ3n) is 6.96. The molecular weight excluding hydrogens is 509 g/mol. The summed E-state index contributed by atoms with van der Waals surface area (Å²) in [6.45, 7) is 0.944. The summed E-state index contributed by atoms with van der Waals surface area (Å²) in [5.41, 5.74) is 2.12. The molecule has 3 aromatic carbocycles. The molecule has 1 aliphatic heterocycles. The zero-order chi connectivity index (χ0) is 27.6. The van der Waals surface area contributed by atoms with Crippen LogP contribution in [0.2, 0.25) is 0 Å². The lowest BCUT2D eigenvalue weighted by Gasteiger charge is -2.31. The number of anilines is 1. The minimum Gasteiger partial charge on any atom is -0.478 e. The van der Waals surface area contributed by atoms with E-state index in [0.717, 1.165) is 24.0 Å². The number of rotatable bonds is 7. The summed E-state index contributed by atoms with van der Waals surface area (Å²) in [7, 11) is 0. The van der Waals surface area contributed by atoms with Gasteiger partial charge in [-0.05, 0) is 53.1 Å². The van der Waals surface area contributed by atoms with Crippen LogP contribution in [0.4, 0.5) is 19.2 Å². The number of ketones is 1. The monoisotopic (exact) mass is 534 g/mol. The number of Topliss-reactive ketones (excluding diaryl/α,β-unsaturated/α-hetero) is 1. The number of oxazole rings is 1. The second-order valence-corrected chi connectivity index (χ2v) is 9.52. The highest BCUT2D eigenvalue weighted by Crippen LogP contribution is 2.37. The normalized spacial score (nSPS) is 14.4. The van der Waals surface area contributed by atoms with Crippen LogP contribution in [-0.4, -0.2) is 34.9 Å². The Morgan fingerprint density at radius 1 is 0.897 bits per heavy atom. The maximum Gasteiger partial charge on any atom is 0.437 e. The largest absolute Gasteiger partial charge is 0.478 e. The molecule has 2 heterocycles. The number of carbonyl (C=O) groups is 2. The lowest BCUT2D eigenvalue weighted by molar-refractivity contribution is -0.141. The summed E-state index contributed by atoms with van der Waals surface area (Å²) in [6, 6.07) is 22.8. The number of carboxylic acid groups (broad SMARTS) is 1. The number of carboxylic acids is 1. The average molecular weight is 535 g/mol. The molecule has 0 saturated carbocycles. The summed E-state index contributed by atoms with van der Waals surface area (Å²) < 4.78 is 46.9. The third kappa shape index (κ3) is 5.87. The zero-order valence-corrected chi connectivity index (χ0v) is 20.8. The van der Waals surface area contributed by atoms with Gasteiger partial charge in [-0.2, -0.15) is 18.2 Å². The van der Waals surface area contributed by atoms with Crippen molar-refractivity contribution >= 4 is 17.8 Å². The van der Waals surface area contributed by atoms with E-state index in [1.807, 2.05) is 30.3 Å². The smallest absolute Gasteiger partial charge is 0.437 e. The number of hydrogen-bond donors (Lipinski definition) is 1. The first-order valence-corrected chi connectivity index (χ1v) is 12.5. The van der Waals surface area contributed by atoms with E-state index in [2.05, 4.69) is 4.98 Å². The van der Waals surface area contributed by atoms with E-state index < -0.39 is 29.4 Å². The van der Waals surface area contributed by atoms with Gasteiger partial charge in [0.15, 0.2) is 5.69 Å². The lowest BCUT2D eigenvalue weighted by Crippen LogP contribution is -2.33. The second kappa shape index (κ2) is 10.8. The first-order valence-electron chi connectivity index (χ1n) is 12.5. The lowest BCUT2D eigenvalue weighted by atomic mass is 9.90. The highest BCUT2D eigenvalue weighted by Gasteiger charge is 2.42. The molecular formula is C30H25F3N2O4. The maximum atomic E-state index is 13.8. The van der Waals surface area contributed by atoms with Crippen LogP contribution < -0.4 is 4.90 Å². The highest BCUT2D eigenvalue weighted by molar-refractivity contribution is 5.96. The number of nitrogens with zero attached hydrogens (tertiary/aromatic N) is 2. The Balaban J connectivity index is 1.30. The van der Waals surface area contributed by atoms with E-state index >= 15 is 0 Å².